The molecular weight excluding hydrogens is 414 g/mol. The predicted octanol–water partition coefficient (Wildman–Crippen LogP) is 4.09. The van der Waals surface area contributed by atoms with Gasteiger partial charge in [0.15, 0.2) is 10.9 Å². The smallest absolute Gasteiger partial charge is 0.269 e. The highest BCUT2D eigenvalue weighted by Gasteiger charge is 2.20. The third-order valence-corrected chi connectivity index (χ3v) is 5.22. The van der Waals surface area contributed by atoms with Gasteiger partial charge in [-0.05, 0) is 43.9 Å². The second kappa shape index (κ2) is 9.06. The van der Waals surface area contributed by atoms with Crippen molar-refractivity contribution >= 4 is 44.4 Å². The van der Waals surface area contributed by atoms with Crippen LogP contribution in [-0.2, 0) is 4.79 Å². The van der Waals surface area contributed by atoms with Gasteiger partial charge in [-0.25, -0.2) is 13.8 Å². The van der Waals surface area contributed by atoms with E-state index in [1.165, 1.54) is 47.4 Å². The number of likely N-dealkylation sites (N-methyl/N-ethyl adjacent to an activating group) is 1. The highest BCUT2D eigenvalue weighted by Crippen LogP contribution is 2.31. The summed E-state index contributed by atoms with van der Waals surface area (Å²) in [5.41, 5.74) is 0.576. The van der Waals surface area contributed by atoms with Gasteiger partial charge in [0.2, 0.25) is 0 Å². The molecular formula is C20H18F2N4O3S. The van der Waals surface area contributed by atoms with E-state index < -0.39 is 22.5 Å². The molecule has 3 aromatic rings. The summed E-state index contributed by atoms with van der Waals surface area (Å²) in [6.45, 7) is 0.824. The number of rotatable bonds is 7. The average molecular weight is 432 g/mol. The number of halogens is 2. The van der Waals surface area contributed by atoms with Crippen LogP contribution in [0.1, 0.15) is 5.56 Å². The molecule has 0 aliphatic heterocycles. The maximum absolute atomic E-state index is 14.0. The molecule has 1 amide bonds. The Labute approximate surface area is 175 Å². The zero-order chi connectivity index (χ0) is 21.8. The number of carbonyl (C=O) groups is 1. The predicted molar refractivity (Wildman–Crippen MR) is 113 cm³/mol. The van der Waals surface area contributed by atoms with Crippen molar-refractivity contribution < 1.29 is 18.5 Å². The first-order valence-corrected chi connectivity index (χ1v) is 9.70. The van der Waals surface area contributed by atoms with E-state index >= 15 is 0 Å². The summed E-state index contributed by atoms with van der Waals surface area (Å²) in [4.78, 5) is 30.5. The molecule has 0 saturated heterocycles. The summed E-state index contributed by atoms with van der Waals surface area (Å²) in [5.74, 6) is -1.89. The molecule has 0 aliphatic carbocycles. The van der Waals surface area contributed by atoms with Crippen LogP contribution >= 0.6 is 11.3 Å². The van der Waals surface area contributed by atoms with Gasteiger partial charge in [0.05, 0.1) is 9.62 Å². The molecule has 1 aromatic heterocycles. The molecule has 30 heavy (non-hydrogen) atoms. The lowest BCUT2D eigenvalue weighted by Crippen LogP contribution is -2.35. The molecule has 156 valence electrons. The first kappa shape index (κ1) is 21.5. The van der Waals surface area contributed by atoms with E-state index in [4.69, 9.17) is 0 Å². The van der Waals surface area contributed by atoms with Gasteiger partial charge in [-0.15, -0.1) is 0 Å². The Kier molecular flexibility index (Phi) is 6.48. The van der Waals surface area contributed by atoms with Crippen molar-refractivity contribution in [2.75, 3.05) is 32.1 Å². The zero-order valence-corrected chi connectivity index (χ0v) is 17.0. The topological polar surface area (TPSA) is 79.6 Å². The number of nitrogens with zero attached hydrogens (tertiary/aromatic N) is 4. The number of thiazole rings is 1. The number of amides is 1. The Morgan fingerprint density at radius 1 is 1.20 bits per heavy atom. The van der Waals surface area contributed by atoms with E-state index in [-0.39, 0.29) is 16.3 Å². The Balaban J connectivity index is 1.88. The summed E-state index contributed by atoms with van der Waals surface area (Å²) in [7, 11) is 3.70. The number of aromatic nitrogens is 1. The molecule has 0 N–H and O–H groups in total. The van der Waals surface area contributed by atoms with Crippen molar-refractivity contribution in [1.29, 1.82) is 0 Å². The van der Waals surface area contributed by atoms with Crippen molar-refractivity contribution in [3.8, 4) is 0 Å². The molecule has 0 unspecified atom stereocenters. The average Bonchev–Trinajstić information content (AvgIpc) is 3.10. The van der Waals surface area contributed by atoms with E-state index in [1.807, 2.05) is 19.0 Å². The number of carbonyl (C=O) groups excluding carboxylic acids is 1. The molecule has 7 nitrogen and oxygen atoms in total. The van der Waals surface area contributed by atoms with Gasteiger partial charge in [0, 0.05) is 37.4 Å². The number of nitro groups is 1. The fourth-order valence-electron chi connectivity index (χ4n) is 2.63. The van der Waals surface area contributed by atoms with Crippen LogP contribution in [0.2, 0.25) is 0 Å². The number of hydrogen-bond donors (Lipinski definition) is 0. The third kappa shape index (κ3) is 5.02. The van der Waals surface area contributed by atoms with Crippen LogP contribution < -0.4 is 4.90 Å². The van der Waals surface area contributed by atoms with E-state index in [0.29, 0.717) is 23.4 Å². The summed E-state index contributed by atoms with van der Waals surface area (Å²) in [5, 5.41) is 11.0. The first-order chi connectivity index (χ1) is 14.2. The van der Waals surface area contributed by atoms with E-state index in [0.717, 1.165) is 17.4 Å². The largest absolute Gasteiger partial charge is 0.308 e. The quantitative estimate of drug-likeness (QED) is 0.319. The van der Waals surface area contributed by atoms with E-state index in [1.54, 1.807) is 0 Å². The monoisotopic (exact) mass is 432 g/mol. The van der Waals surface area contributed by atoms with Crippen molar-refractivity contribution in [1.82, 2.24) is 9.88 Å². The van der Waals surface area contributed by atoms with E-state index in [9.17, 15) is 23.7 Å². The Hall–Kier alpha value is -3.24. The molecule has 0 spiro atoms. The molecule has 3 rings (SSSR count). The maximum Gasteiger partial charge on any atom is 0.269 e. The lowest BCUT2D eigenvalue weighted by molar-refractivity contribution is -0.384. The summed E-state index contributed by atoms with van der Waals surface area (Å²) in [6.07, 6.45) is 2.85. The molecule has 0 aliphatic rings. The standard InChI is InChI=1S/C20H18F2N4O3S/c1-24(2)9-10-25(20-23-19-16(22)11-14(21)12-17(19)30-20)18(27)8-5-13-3-6-15(7-4-13)26(28)29/h3-8,11-12H,9-10H2,1-2H3. The molecule has 0 bridgehead atoms. The van der Waals surface area contributed by atoms with Gasteiger partial charge >= 0.3 is 0 Å². The Morgan fingerprint density at radius 2 is 1.90 bits per heavy atom. The SMILES string of the molecule is CN(C)CCN(C(=O)C=Cc1ccc([N+](=O)[O-])cc1)c1nc2c(F)cc(F)cc2s1. The number of non-ortho nitro benzene ring substituents is 1. The van der Waals surface area contributed by atoms with Crippen molar-refractivity contribution in [3.63, 3.8) is 0 Å². The minimum absolute atomic E-state index is 0.0124. The number of benzene rings is 2. The second-order valence-corrected chi connectivity index (χ2v) is 7.72. The second-order valence-electron chi connectivity index (χ2n) is 6.71. The number of nitro benzene ring substituents is 1. The van der Waals surface area contributed by atoms with Crippen LogP contribution in [0, 0.1) is 21.7 Å². The molecule has 0 saturated carbocycles. The molecule has 2 aromatic carbocycles. The van der Waals surface area contributed by atoms with Gasteiger partial charge in [-0.3, -0.25) is 19.8 Å². The van der Waals surface area contributed by atoms with Gasteiger partial charge in [0.1, 0.15) is 11.3 Å². The third-order valence-electron chi connectivity index (χ3n) is 4.19. The van der Waals surface area contributed by atoms with Crippen molar-refractivity contribution in [2.45, 2.75) is 0 Å². The molecule has 1 heterocycles. The normalized spacial score (nSPS) is 11.5. The fraction of sp³-hybridized carbons (Fsp3) is 0.200. The minimum atomic E-state index is -0.783. The van der Waals surface area contributed by atoms with Crippen molar-refractivity contribution in [2.24, 2.45) is 0 Å². The molecule has 0 fully saturated rings. The first-order valence-electron chi connectivity index (χ1n) is 8.89. The zero-order valence-electron chi connectivity index (χ0n) is 16.2. The lowest BCUT2D eigenvalue weighted by Gasteiger charge is -2.20. The van der Waals surface area contributed by atoms with Crippen molar-refractivity contribution in [3.05, 3.63) is 69.8 Å². The molecule has 0 radical (unpaired) electrons. The Morgan fingerprint density at radius 3 is 2.53 bits per heavy atom. The van der Waals surface area contributed by atoms with Crippen LogP contribution in [-0.4, -0.2) is 47.9 Å². The summed E-state index contributed by atoms with van der Waals surface area (Å²) in [6, 6.07) is 7.69. The van der Waals surface area contributed by atoms with Gasteiger partial charge < -0.3 is 4.90 Å². The van der Waals surface area contributed by atoms with E-state index in [2.05, 4.69) is 4.98 Å². The number of fused-ring (bicyclic) bond motifs is 1. The van der Waals surface area contributed by atoms with Crippen LogP contribution in [0.4, 0.5) is 19.6 Å². The number of anilines is 1. The Bertz CT molecular complexity index is 1110. The molecule has 10 heteroatoms. The molecule has 0 atom stereocenters. The van der Waals surface area contributed by atoms with Gasteiger partial charge in [-0.1, -0.05) is 11.3 Å². The van der Waals surface area contributed by atoms with Gasteiger partial charge in [-0.2, -0.15) is 0 Å². The highest BCUT2D eigenvalue weighted by molar-refractivity contribution is 7.22. The van der Waals surface area contributed by atoms with Crippen LogP contribution in [0.5, 0.6) is 0 Å². The lowest BCUT2D eigenvalue weighted by atomic mass is 10.2. The summed E-state index contributed by atoms with van der Waals surface area (Å²) < 4.78 is 27.8. The highest BCUT2D eigenvalue weighted by atomic mass is 32.1. The fourth-order valence-corrected chi connectivity index (χ4v) is 3.66. The summed E-state index contributed by atoms with van der Waals surface area (Å²) >= 11 is 1.03. The minimum Gasteiger partial charge on any atom is -0.308 e. The van der Waals surface area contributed by atoms with Crippen LogP contribution in [0.15, 0.2) is 42.5 Å². The van der Waals surface area contributed by atoms with Gasteiger partial charge in [0.25, 0.3) is 11.6 Å². The van der Waals surface area contributed by atoms with Crippen LogP contribution in [0.3, 0.4) is 0 Å². The number of hydrogen-bond acceptors (Lipinski definition) is 6. The maximum atomic E-state index is 14.0. The van der Waals surface area contributed by atoms with Crippen LogP contribution in [0.25, 0.3) is 16.3 Å².